The summed E-state index contributed by atoms with van der Waals surface area (Å²) in [5.74, 6) is -0.293. The number of anilines is 1. The van der Waals surface area contributed by atoms with Crippen LogP contribution in [0.1, 0.15) is 44.5 Å². The predicted octanol–water partition coefficient (Wildman–Crippen LogP) is 3.29. The highest BCUT2D eigenvalue weighted by molar-refractivity contribution is 6.00. The van der Waals surface area contributed by atoms with E-state index in [1.54, 1.807) is 17.0 Å². The first kappa shape index (κ1) is 16.9. The Morgan fingerprint density at radius 2 is 2.05 bits per heavy atom. The Kier molecular flexibility index (Phi) is 6.14. The van der Waals surface area contributed by atoms with Gasteiger partial charge in [-0.15, -0.1) is 0 Å². The molecule has 0 fully saturated rings. The van der Waals surface area contributed by atoms with E-state index in [1.807, 2.05) is 27.7 Å². The smallest absolute Gasteiger partial charge is 0.305 e. The van der Waals surface area contributed by atoms with E-state index in [2.05, 4.69) is 5.32 Å². The summed E-state index contributed by atoms with van der Waals surface area (Å²) >= 11 is 0. The molecule has 116 valence electrons. The fraction of sp³-hybridized carbons (Fsp3) is 0.533. The Morgan fingerprint density at radius 3 is 2.52 bits per heavy atom. The SMILES string of the molecule is CCNc1cccc(C(=O)N(CC)C(C)CC)c1[N+](=O)[O-]. The molecule has 0 bridgehead atoms. The van der Waals surface area contributed by atoms with Gasteiger partial charge in [0.15, 0.2) is 0 Å². The Bertz CT molecular complexity index is 517. The summed E-state index contributed by atoms with van der Waals surface area (Å²) in [5.41, 5.74) is 0.375. The second kappa shape index (κ2) is 7.61. The largest absolute Gasteiger partial charge is 0.380 e. The van der Waals surface area contributed by atoms with Crippen molar-refractivity contribution in [2.75, 3.05) is 18.4 Å². The highest BCUT2D eigenvalue weighted by Gasteiger charge is 2.28. The van der Waals surface area contributed by atoms with Crippen molar-refractivity contribution in [3.8, 4) is 0 Å². The first-order valence-electron chi connectivity index (χ1n) is 7.30. The summed E-state index contributed by atoms with van der Waals surface area (Å²) in [4.78, 5) is 25.2. The number of nitrogens with zero attached hydrogens (tertiary/aromatic N) is 2. The van der Waals surface area contributed by atoms with Gasteiger partial charge in [0.1, 0.15) is 11.3 Å². The van der Waals surface area contributed by atoms with Crippen LogP contribution in [0.5, 0.6) is 0 Å². The van der Waals surface area contributed by atoms with Crippen LogP contribution in [0.3, 0.4) is 0 Å². The standard InChI is InChI=1S/C15H23N3O3/c1-5-11(4)17(7-3)15(19)12-9-8-10-13(16-6-2)14(12)18(20)21/h8-11,16H,5-7H2,1-4H3. The molecule has 0 heterocycles. The zero-order valence-electron chi connectivity index (χ0n) is 13.0. The van der Waals surface area contributed by atoms with Crippen molar-refractivity contribution in [1.29, 1.82) is 0 Å². The second-order valence-corrected chi connectivity index (χ2v) is 4.84. The van der Waals surface area contributed by atoms with Crippen LogP contribution in [-0.2, 0) is 0 Å². The molecule has 0 aliphatic heterocycles. The molecule has 1 amide bonds. The molecule has 0 aliphatic carbocycles. The maximum absolute atomic E-state index is 12.7. The number of para-hydroxylation sites is 1. The average Bonchev–Trinajstić information content (AvgIpc) is 2.47. The van der Waals surface area contributed by atoms with Crippen molar-refractivity contribution in [3.05, 3.63) is 33.9 Å². The molecule has 1 rings (SSSR count). The molecule has 0 spiro atoms. The topological polar surface area (TPSA) is 75.5 Å². The van der Waals surface area contributed by atoms with E-state index in [0.29, 0.717) is 18.8 Å². The van der Waals surface area contributed by atoms with Gasteiger partial charge in [-0.05, 0) is 39.3 Å². The molecule has 1 aromatic carbocycles. The summed E-state index contributed by atoms with van der Waals surface area (Å²) < 4.78 is 0. The van der Waals surface area contributed by atoms with E-state index in [9.17, 15) is 14.9 Å². The second-order valence-electron chi connectivity index (χ2n) is 4.84. The first-order valence-corrected chi connectivity index (χ1v) is 7.30. The van der Waals surface area contributed by atoms with Gasteiger partial charge in [-0.2, -0.15) is 0 Å². The molecule has 1 unspecified atom stereocenters. The number of carbonyl (C=O) groups excluding carboxylic acids is 1. The quantitative estimate of drug-likeness (QED) is 0.618. The molecule has 0 saturated carbocycles. The van der Waals surface area contributed by atoms with Crippen molar-refractivity contribution in [2.24, 2.45) is 0 Å². The van der Waals surface area contributed by atoms with Gasteiger partial charge in [-0.3, -0.25) is 14.9 Å². The molecular formula is C15H23N3O3. The molecular weight excluding hydrogens is 270 g/mol. The summed E-state index contributed by atoms with van der Waals surface area (Å²) in [6.07, 6.45) is 0.806. The minimum Gasteiger partial charge on any atom is -0.380 e. The van der Waals surface area contributed by atoms with Crippen LogP contribution in [0.15, 0.2) is 18.2 Å². The van der Waals surface area contributed by atoms with Crippen LogP contribution in [-0.4, -0.2) is 34.9 Å². The van der Waals surface area contributed by atoms with E-state index >= 15 is 0 Å². The van der Waals surface area contributed by atoms with Crippen molar-refractivity contribution in [2.45, 2.75) is 40.2 Å². The summed E-state index contributed by atoms with van der Waals surface area (Å²) in [6.45, 7) is 8.75. The van der Waals surface area contributed by atoms with E-state index in [4.69, 9.17) is 0 Å². The van der Waals surface area contributed by atoms with Crippen LogP contribution in [0.4, 0.5) is 11.4 Å². The maximum atomic E-state index is 12.7. The molecule has 6 heteroatoms. The van der Waals surface area contributed by atoms with E-state index < -0.39 is 4.92 Å². The lowest BCUT2D eigenvalue weighted by molar-refractivity contribution is -0.384. The number of carbonyl (C=O) groups is 1. The van der Waals surface area contributed by atoms with Crippen LogP contribution >= 0.6 is 0 Å². The Balaban J connectivity index is 3.31. The number of hydrogen-bond acceptors (Lipinski definition) is 4. The van der Waals surface area contributed by atoms with Crippen LogP contribution in [0, 0.1) is 10.1 Å². The average molecular weight is 293 g/mol. The molecule has 0 aromatic heterocycles. The number of nitro benzene ring substituents is 1. The monoisotopic (exact) mass is 293 g/mol. The van der Waals surface area contributed by atoms with Gasteiger partial charge in [-0.25, -0.2) is 0 Å². The minimum atomic E-state index is -0.490. The lowest BCUT2D eigenvalue weighted by Crippen LogP contribution is -2.38. The zero-order valence-corrected chi connectivity index (χ0v) is 13.0. The van der Waals surface area contributed by atoms with Gasteiger partial charge >= 0.3 is 5.69 Å². The molecule has 0 aliphatic rings. The molecule has 1 aromatic rings. The van der Waals surface area contributed by atoms with Gasteiger partial charge < -0.3 is 10.2 Å². The fourth-order valence-corrected chi connectivity index (χ4v) is 2.28. The number of nitro groups is 1. The maximum Gasteiger partial charge on any atom is 0.305 e. The van der Waals surface area contributed by atoms with E-state index in [1.165, 1.54) is 6.07 Å². The van der Waals surface area contributed by atoms with Gasteiger partial charge in [-0.1, -0.05) is 13.0 Å². The van der Waals surface area contributed by atoms with E-state index in [-0.39, 0.29) is 23.2 Å². The highest BCUT2D eigenvalue weighted by atomic mass is 16.6. The Labute approximate surface area is 125 Å². The number of rotatable bonds is 7. The third kappa shape index (κ3) is 3.71. The Morgan fingerprint density at radius 1 is 1.38 bits per heavy atom. The lowest BCUT2D eigenvalue weighted by Gasteiger charge is -2.27. The highest BCUT2D eigenvalue weighted by Crippen LogP contribution is 2.30. The number of nitrogens with one attached hydrogen (secondary N) is 1. The normalized spacial score (nSPS) is 11.8. The summed E-state index contributed by atoms with van der Waals surface area (Å²) in [6, 6.07) is 4.86. The molecule has 21 heavy (non-hydrogen) atoms. The number of amides is 1. The molecule has 1 N–H and O–H groups in total. The summed E-state index contributed by atoms with van der Waals surface area (Å²) in [5, 5.41) is 14.3. The Hall–Kier alpha value is -2.11. The van der Waals surface area contributed by atoms with Crippen LogP contribution < -0.4 is 5.32 Å². The molecule has 1 atom stereocenters. The summed E-state index contributed by atoms with van der Waals surface area (Å²) in [7, 11) is 0. The first-order chi connectivity index (χ1) is 9.97. The van der Waals surface area contributed by atoms with Gasteiger partial charge in [0.05, 0.1) is 4.92 Å². The molecule has 0 radical (unpaired) electrons. The van der Waals surface area contributed by atoms with Crippen molar-refractivity contribution in [1.82, 2.24) is 4.90 Å². The number of benzene rings is 1. The lowest BCUT2D eigenvalue weighted by atomic mass is 10.1. The molecule has 6 nitrogen and oxygen atoms in total. The van der Waals surface area contributed by atoms with Gasteiger partial charge in [0, 0.05) is 19.1 Å². The van der Waals surface area contributed by atoms with Crippen molar-refractivity contribution >= 4 is 17.3 Å². The molecule has 0 saturated heterocycles. The van der Waals surface area contributed by atoms with Crippen molar-refractivity contribution < 1.29 is 9.72 Å². The fourth-order valence-electron chi connectivity index (χ4n) is 2.28. The minimum absolute atomic E-state index is 0.0462. The van der Waals surface area contributed by atoms with E-state index in [0.717, 1.165) is 6.42 Å². The van der Waals surface area contributed by atoms with Gasteiger partial charge in [0.2, 0.25) is 0 Å². The van der Waals surface area contributed by atoms with Crippen LogP contribution in [0.25, 0.3) is 0 Å². The third-order valence-corrected chi connectivity index (χ3v) is 3.54. The van der Waals surface area contributed by atoms with Crippen molar-refractivity contribution in [3.63, 3.8) is 0 Å². The zero-order chi connectivity index (χ0) is 16.0. The third-order valence-electron chi connectivity index (χ3n) is 3.54. The number of hydrogen-bond donors (Lipinski definition) is 1. The predicted molar refractivity (Wildman–Crippen MR) is 83.7 cm³/mol. The van der Waals surface area contributed by atoms with Gasteiger partial charge in [0.25, 0.3) is 5.91 Å². The van der Waals surface area contributed by atoms with Crippen LogP contribution in [0.2, 0.25) is 0 Å².